The molecule has 0 bridgehead atoms. The molecule has 0 atom stereocenters. The summed E-state index contributed by atoms with van der Waals surface area (Å²) in [4.78, 5) is 2.20. The van der Waals surface area contributed by atoms with Crippen molar-refractivity contribution in [3.63, 3.8) is 0 Å². The lowest BCUT2D eigenvalue weighted by Crippen LogP contribution is -2.37. The molecule has 1 fully saturated rings. The van der Waals surface area contributed by atoms with Gasteiger partial charge in [-0.25, -0.2) is 0 Å². The van der Waals surface area contributed by atoms with Gasteiger partial charge in [0.2, 0.25) is 0 Å². The lowest BCUT2D eigenvalue weighted by atomic mass is 10.2. The minimum absolute atomic E-state index is 0.0667. The molecule has 0 unspecified atom stereocenters. The van der Waals surface area contributed by atoms with Crippen LogP contribution in [0.2, 0.25) is 0 Å². The molecule has 0 saturated carbocycles. The van der Waals surface area contributed by atoms with Crippen molar-refractivity contribution in [3.8, 4) is 0 Å². The standard InChI is InChI=1S/C11H14BrN3OS/c12-9-7-8(11(13)14)1-2-10(9)15-3-5-17(16)6-4-15/h1-2,7H,3-6H2,(H3,13,14). The van der Waals surface area contributed by atoms with E-state index in [1.807, 2.05) is 18.2 Å². The summed E-state index contributed by atoms with van der Waals surface area (Å²) < 4.78 is 12.2. The van der Waals surface area contributed by atoms with Gasteiger partial charge >= 0.3 is 0 Å². The first-order valence-electron chi connectivity index (χ1n) is 5.32. The molecule has 4 nitrogen and oxygen atoms in total. The Morgan fingerprint density at radius 2 is 2.06 bits per heavy atom. The molecule has 1 heterocycles. The summed E-state index contributed by atoms with van der Waals surface area (Å²) in [6.07, 6.45) is 0. The fourth-order valence-corrected chi connectivity index (χ4v) is 3.49. The van der Waals surface area contributed by atoms with E-state index in [1.54, 1.807) is 0 Å². The van der Waals surface area contributed by atoms with Gasteiger partial charge in [0.25, 0.3) is 0 Å². The molecule has 3 N–H and O–H groups in total. The molecule has 6 heteroatoms. The normalized spacial score (nSPS) is 17.1. The van der Waals surface area contributed by atoms with Crippen LogP contribution in [-0.4, -0.2) is 34.6 Å². The third kappa shape index (κ3) is 2.87. The Bertz CT molecular complexity index is 468. The second-order valence-electron chi connectivity index (χ2n) is 3.91. The first-order chi connectivity index (χ1) is 8.08. The quantitative estimate of drug-likeness (QED) is 0.638. The van der Waals surface area contributed by atoms with Gasteiger partial charge in [-0.3, -0.25) is 9.62 Å². The highest BCUT2D eigenvalue weighted by molar-refractivity contribution is 9.10. The summed E-state index contributed by atoms with van der Waals surface area (Å²) in [6.45, 7) is 1.62. The summed E-state index contributed by atoms with van der Waals surface area (Å²) in [5.41, 5.74) is 7.22. The van der Waals surface area contributed by atoms with Crippen LogP contribution in [0.5, 0.6) is 0 Å². The lowest BCUT2D eigenvalue weighted by Gasteiger charge is -2.29. The van der Waals surface area contributed by atoms with Gasteiger partial charge in [0.15, 0.2) is 0 Å². The molecule has 2 rings (SSSR count). The number of benzene rings is 1. The predicted molar refractivity (Wildman–Crippen MR) is 75.2 cm³/mol. The molecule has 0 amide bonds. The first kappa shape index (κ1) is 12.6. The highest BCUT2D eigenvalue weighted by Gasteiger charge is 2.17. The van der Waals surface area contributed by atoms with Crippen LogP contribution in [-0.2, 0) is 10.8 Å². The monoisotopic (exact) mass is 315 g/mol. The molecule has 1 aromatic carbocycles. The summed E-state index contributed by atoms with van der Waals surface area (Å²) in [7, 11) is -0.664. The lowest BCUT2D eigenvalue weighted by molar-refractivity contribution is 0.673. The van der Waals surface area contributed by atoms with Crippen molar-refractivity contribution in [1.82, 2.24) is 0 Å². The summed E-state index contributed by atoms with van der Waals surface area (Å²) in [6, 6.07) is 5.65. The number of anilines is 1. The number of rotatable bonds is 2. The van der Waals surface area contributed by atoms with Crippen LogP contribution in [0.25, 0.3) is 0 Å². The Labute approximate surface area is 111 Å². The third-order valence-corrected chi connectivity index (χ3v) is 4.69. The van der Waals surface area contributed by atoms with Gasteiger partial charge in [-0.15, -0.1) is 0 Å². The maximum atomic E-state index is 11.3. The molecular formula is C11H14BrN3OS. The van der Waals surface area contributed by atoms with Crippen molar-refractivity contribution >= 4 is 38.3 Å². The fraction of sp³-hybridized carbons (Fsp3) is 0.364. The number of nitrogen functional groups attached to an aromatic ring is 1. The van der Waals surface area contributed by atoms with Crippen LogP contribution < -0.4 is 10.6 Å². The second-order valence-corrected chi connectivity index (χ2v) is 6.47. The van der Waals surface area contributed by atoms with Gasteiger partial charge in [0.1, 0.15) is 5.84 Å². The molecule has 1 aliphatic rings. The zero-order chi connectivity index (χ0) is 12.4. The average Bonchev–Trinajstić information content (AvgIpc) is 2.30. The minimum Gasteiger partial charge on any atom is -0.384 e. The van der Waals surface area contributed by atoms with E-state index in [2.05, 4.69) is 20.8 Å². The van der Waals surface area contributed by atoms with Crippen LogP contribution in [0.4, 0.5) is 5.69 Å². The van der Waals surface area contributed by atoms with Gasteiger partial charge in [-0.05, 0) is 34.1 Å². The number of nitrogens with one attached hydrogen (secondary N) is 1. The maximum absolute atomic E-state index is 11.3. The Balaban J connectivity index is 2.21. The number of amidine groups is 1. The number of hydrogen-bond acceptors (Lipinski definition) is 3. The zero-order valence-corrected chi connectivity index (χ0v) is 11.7. The topological polar surface area (TPSA) is 70.2 Å². The zero-order valence-electron chi connectivity index (χ0n) is 9.28. The van der Waals surface area contributed by atoms with Gasteiger partial charge in [0.05, 0.1) is 5.69 Å². The van der Waals surface area contributed by atoms with Crippen molar-refractivity contribution in [2.75, 3.05) is 29.5 Å². The van der Waals surface area contributed by atoms with Crippen LogP contribution in [0.3, 0.4) is 0 Å². The van der Waals surface area contributed by atoms with Crippen LogP contribution in [0.1, 0.15) is 5.56 Å². The van der Waals surface area contributed by atoms with Gasteiger partial charge in [0, 0.05) is 45.4 Å². The SMILES string of the molecule is N=C(N)c1ccc(N2CCS(=O)CC2)c(Br)c1. The summed E-state index contributed by atoms with van der Waals surface area (Å²) in [5, 5.41) is 7.38. The number of nitrogens with two attached hydrogens (primary N) is 1. The van der Waals surface area contributed by atoms with E-state index in [1.165, 1.54) is 0 Å². The Kier molecular flexibility index (Phi) is 3.83. The molecule has 1 aromatic rings. The highest BCUT2D eigenvalue weighted by Crippen LogP contribution is 2.28. The maximum Gasteiger partial charge on any atom is 0.122 e. The Morgan fingerprint density at radius 3 is 2.59 bits per heavy atom. The molecule has 0 spiro atoms. The first-order valence-corrected chi connectivity index (χ1v) is 7.60. The molecule has 17 heavy (non-hydrogen) atoms. The molecule has 1 saturated heterocycles. The Morgan fingerprint density at radius 1 is 1.41 bits per heavy atom. The van der Waals surface area contributed by atoms with Crippen LogP contribution in [0.15, 0.2) is 22.7 Å². The summed E-state index contributed by atoms with van der Waals surface area (Å²) >= 11 is 3.50. The van der Waals surface area contributed by atoms with Crippen molar-refractivity contribution in [2.24, 2.45) is 5.73 Å². The molecular weight excluding hydrogens is 302 g/mol. The molecule has 1 aliphatic heterocycles. The van der Waals surface area contributed by atoms with E-state index in [9.17, 15) is 4.21 Å². The van der Waals surface area contributed by atoms with E-state index < -0.39 is 10.8 Å². The van der Waals surface area contributed by atoms with E-state index >= 15 is 0 Å². The van der Waals surface area contributed by atoms with Crippen molar-refractivity contribution in [1.29, 1.82) is 5.41 Å². The van der Waals surface area contributed by atoms with Gasteiger partial charge in [-0.2, -0.15) is 0 Å². The van der Waals surface area contributed by atoms with Gasteiger partial charge in [-0.1, -0.05) is 0 Å². The van der Waals surface area contributed by atoms with E-state index in [-0.39, 0.29) is 5.84 Å². The van der Waals surface area contributed by atoms with Crippen molar-refractivity contribution in [2.45, 2.75) is 0 Å². The third-order valence-electron chi connectivity index (χ3n) is 2.78. The second kappa shape index (κ2) is 5.18. The van der Waals surface area contributed by atoms with E-state index in [0.29, 0.717) is 5.56 Å². The van der Waals surface area contributed by atoms with E-state index in [0.717, 1.165) is 34.8 Å². The minimum atomic E-state index is -0.664. The predicted octanol–water partition coefficient (Wildman–Crippen LogP) is 1.30. The number of halogens is 1. The Hall–Kier alpha value is -0.880. The van der Waals surface area contributed by atoms with Crippen LogP contribution in [0, 0.1) is 5.41 Å². The molecule has 0 aliphatic carbocycles. The van der Waals surface area contributed by atoms with Gasteiger partial charge < -0.3 is 10.6 Å². The van der Waals surface area contributed by atoms with Crippen LogP contribution >= 0.6 is 15.9 Å². The van der Waals surface area contributed by atoms with Crippen molar-refractivity contribution in [3.05, 3.63) is 28.2 Å². The largest absolute Gasteiger partial charge is 0.384 e. The smallest absolute Gasteiger partial charge is 0.122 e. The molecule has 0 aromatic heterocycles. The van der Waals surface area contributed by atoms with E-state index in [4.69, 9.17) is 11.1 Å². The highest BCUT2D eigenvalue weighted by atomic mass is 79.9. The average molecular weight is 316 g/mol. The fourth-order valence-electron chi connectivity index (χ4n) is 1.81. The number of nitrogens with zero attached hydrogens (tertiary/aromatic N) is 1. The summed E-state index contributed by atoms with van der Waals surface area (Å²) in [5.74, 6) is 1.51. The molecule has 92 valence electrons. The molecule has 0 radical (unpaired) electrons. The van der Waals surface area contributed by atoms with Crippen molar-refractivity contribution < 1.29 is 4.21 Å². The number of hydrogen-bond donors (Lipinski definition) is 2.